The third-order valence-corrected chi connectivity index (χ3v) is 2.48. The second kappa shape index (κ2) is 4.73. The molecule has 0 aliphatic carbocycles. The smallest absolute Gasteiger partial charge is 0.337 e. The third kappa shape index (κ3) is 2.49. The van der Waals surface area contributed by atoms with Crippen LogP contribution >= 0.6 is 0 Å². The summed E-state index contributed by atoms with van der Waals surface area (Å²) in [5, 5.41) is 19.5. The summed E-state index contributed by atoms with van der Waals surface area (Å²) in [6.07, 6.45) is 1.13. The van der Waals surface area contributed by atoms with Crippen molar-refractivity contribution in [2.24, 2.45) is 0 Å². The van der Waals surface area contributed by atoms with E-state index in [1.54, 1.807) is 0 Å². The Bertz CT molecular complexity index is 720. The number of aromatic carboxylic acids is 1. The van der Waals surface area contributed by atoms with E-state index in [1.165, 1.54) is 30.3 Å². The topological polar surface area (TPSA) is 102 Å². The Kier molecular flexibility index (Phi) is 3.11. The molecule has 0 atom stereocenters. The van der Waals surface area contributed by atoms with Crippen LogP contribution < -0.4 is 5.56 Å². The van der Waals surface area contributed by atoms with E-state index in [0.717, 1.165) is 16.8 Å². The largest absolute Gasteiger partial charge is 0.478 e. The zero-order valence-electron chi connectivity index (χ0n) is 9.52. The molecule has 0 spiro atoms. The van der Waals surface area contributed by atoms with Gasteiger partial charge < -0.3 is 5.11 Å². The fourth-order valence-corrected chi connectivity index (χ4v) is 1.57. The molecule has 2 rings (SSSR count). The average Bonchev–Trinajstić information content (AvgIpc) is 2.39. The second-order valence-corrected chi connectivity index (χ2v) is 3.71. The van der Waals surface area contributed by atoms with Crippen LogP contribution in [-0.4, -0.2) is 20.6 Å². The van der Waals surface area contributed by atoms with Crippen molar-refractivity contribution >= 4 is 11.7 Å². The van der Waals surface area contributed by atoms with Gasteiger partial charge in [0.15, 0.2) is 0 Å². The summed E-state index contributed by atoms with van der Waals surface area (Å²) in [7, 11) is 0. The Balaban J connectivity index is 2.61. The van der Waals surface area contributed by atoms with Crippen molar-refractivity contribution < 1.29 is 14.8 Å². The summed E-state index contributed by atoms with van der Waals surface area (Å²) in [5.74, 6) is -1.18. The van der Waals surface area contributed by atoms with Crippen molar-refractivity contribution in [3.8, 4) is 5.69 Å². The van der Waals surface area contributed by atoms with E-state index in [1.807, 2.05) is 0 Å². The van der Waals surface area contributed by atoms with Crippen LogP contribution in [0.3, 0.4) is 0 Å². The van der Waals surface area contributed by atoms with Gasteiger partial charge in [0.2, 0.25) is 0 Å². The van der Waals surface area contributed by atoms with Crippen molar-refractivity contribution in [1.82, 2.24) is 4.57 Å². The number of non-ortho nitro benzene ring substituents is 1. The number of hydrogen-bond donors (Lipinski definition) is 1. The lowest BCUT2D eigenvalue weighted by atomic mass is 10.2. The van der Waals surface area contributed by atoms with Gasteiger partial charge in [-0.2, -0.15) is 0 Å². The van der Waals surface area contributed by atoms with E-state index in [-0.39, 0.29) is 16.9 Å². The van der Waals surface area contributed by atoms with E-state index < -0.39 is 16.5 Å². The zero-order chi connectivity index (χ0) is 14.0. The van der Waals surface area contributed by atoms with Crippen LogP contribution in [0.25, 0.3) is 5.69 Å². The van der Waals surface area contributed by atoms with Crippen LogP contribution in [0, 0.1) is 10.1 Å². The molecule has 96 valence electrons. The maximum atomic E-state index is 11.7. The lowest BCUT2D eigenvalue weighted by Crippen LogP contribution is -2.18. The van der Waals surface area contributed by atoms with Crippen LogP contribution in [-0.2, 0) is 0 Å². The lowest BCUT2D eigenvalue weighted by molar-refractivity contribution is -0.384. The van der Waals surface area contributed by atoms with Gasteiger partial charge >= 0.3 is 5.97 Å². The van der Waals surface area contributed by atoms with Gasteiger partial charge in [-0.3, -0.25) is 19.5 Å². The highest BCUT2D eigenvalue weighted by molar-refractivity contribution is 5.87. The second-order valence-electron chi connectivity index (χ2n) is 3.71. The minimum Gasteiger partial charge on any atom is -0.478 e. The van der Waals surface area contributed by atoms with Gasteiger partial charge in [-0.1, -0.05) is 6.07 Å². The Morgan fingerprint density at radius 3 is 2.63 bits per heavy atom. The maximum Gasteiger partial charge on any atom is 0.337 e. The van der Waals surface area contributed by atoms with Crippen molar-refractivity contribution in [1.29, 1.82) is 0 Å². The molecule has 0 unspecified atom stereocenters. The predicted octanol–water partition coefficient (Wildman–Crippen LogP) is 1.44. The number of nitrogens with zero attached hydrogens (tertiary/aromatic N) is 2. The number of pyridine rings is 1. The highest BCUT2D eigenvalue weighted by Gasteiger charge is 2.10. The number of nitro groups is 1. The number of carbonyl (C=O) groups is 1. The molecule has 0 bridgehead atoms. The van der Waals surface area contributed by atoms with E-state index in [0.29, 0.717) is 0 Å². The number of benzene rings is 1. The zero-order valence-corrected chi connectivity index (χ0v) is 9.52. The van der Waals surface area contributed by atoms with E-state index in [4.69, 9.17) is 5.11 Å². The predicted molar refractivity (Wildman–Crippen MR) is 65.7 cm³/mol. The average molecular weight is 260 g/mol. The first-order chi connectivity index (χ1) is 8.99. The Morgan fingerprint density at radius 2 is 2.00 bits per heavy atom. The van der Waals surface area contributed by atoms with Crippen LogP contribution in [0.5, 0.6) is 0 Å². The third-order valence-electron chi connectivity index (χ3n) is 2.48. The molecule has 0 saturated carbocycles. The molecular formula is C12H8N2O5. The first kappa shape index (κ1) is 12.5. The van der Waals surface area contributed by atoms with Gasteiger partial charge in [0.1, 0.15) is 0 Å². The van der Waals surface area contributed by atoms with Gasteiger partial charge in [-0.15, -0.1) is 0 Å². The highest BCUT2D eigenvalue weighted by atomic mass is 16.6. The van der Waals surface area contributed by atoms with Gasteiger partial charge in [0.05, 0.1) is 16.2 Å². The van der Waals surface area contributed by atoms with Crippen molar-refractivity contribution in [3.05, 3.63) is 68.6 Å². The number of carboxylic acid groups (broad SMARTS) is 1. The molecule has 7 heteroatoms. The molecule has 0 radical (unpaired) electrons. The quantitative estimate of drug-likeness (QED) is 0.664. The molecule has 0 amide bonds. The molecule has 0 aliphatic rings. The monoisotopic (exact) mass is 260 g/mol. The van der Waals surface area contributed by atoms with Crippen LogP contribution in [0.2, 0.25) is 0 Å². The minimum absolute atomic E-state index is 0.0777. The highest BCUT2D eigenvalue weighted by Crippen LogP contribution is 2.15. The van der Waals surface area contributed by atoms with Crippen molar-refractivity contribution in [3.63, 3.8) is 0 Å². The normalized spacial score (nSPS) is 10.1. The molecular weight excluding hydrogens is 252 g/mol. The molecule has 0 saturated heterocycles. The van der Waals surface area contributed by atoms with Crippen LogP contribution in [0.1, 0.15) is 10.4 Å². The summed E-state index contributed by atoms with van der Waals surface area (Å²) < 4.78 is 1.05. The minimum atomic E-state index is -1.18. The number of carboxylic acids is 1. The molecule has 1 aromatic heterocycles. The molecule has 19 heavy (non-hydrogen) atoms. The molecule has 0 fully saturated rings. The lowest BCUT2D eigenvalue weighted by Gasteiger charge is -2.06. The first-order valence-electron chi connectivity index (χ1n) is 5.20. The number of nitro benzene ring substituents is 1. The first-order valence-corrected chi connectivity index (χ1v) is 5.20. The summed E-state index contributed by atoms with van der Waals surface area (Å²) >= 11 is 0. The molecule has 7 nitrogen and oxygen atoms in total. The van der Waals surface area contributed by atoms with E-state index >= 15 is 0 Å². The number of rotatable bonds is 3. The summed E-state index contributed by atoms with van der Waals surface area (Å²) in [6.45, 7) is 0. The maximum absolute atomic E-state index is 11.7. The van der Waals surface area contributed by atoms with Gasteiger partial charge in [0.25, 0.3) is 11.2 Å². The standard InChI is InChI=1S/C12H8N2O5/c15-11-5-4-8(12(16)17)7-13(11)9-2-1-3-10(6-9)14(18)19/h1-7H,(H,16,17). The number of hydrogen-bond acceptors (Lipinski definition) is 4. The number of aromatic nitrogens is 1. The van der Waals surface area contributed by atoms with Crippen LogP contribution in [0.4, 0.5) is 5.69 Å². The molecule has 1 heterocycles. The van der Waals surface area contributed by atoms with Crippen LogP contribution in [0.15, 0.2) is 47.4 Å². The van der Waals surface area contributed by atoms with E-state index in [9.17, 15) is 19.7 Å². The summed E-state index contributed by atoms with van der Waals surface area (Å²) in [6, 6.07) is 7.68. The molecule has 1 N–H and O–H groups in total. The Morgan fingerprint density at radius 1 is 1.26 bits per heavy atom. The van der Waals surface area contributed by atoms with Crippen molar-refractivity contribution in [2.75, 3.05) is 0 Å². The van der Waals surface area contributed by atoms with E-state index in [2.05, 4.69) is 0 Å². The molecule has 2 aromatic rings. The van der Waals surface area contributed by atoms with Crippen molar-refractivity contribution in [2.45, 2.75) is 0 Å². The Labute approximate surface area is 106 Å². The Hall–Kier alpha value is -2.96. The molecule has 1 aromatic carbocycles. The summed E-state index contributed by atoms with van der Waals surface area (Å²) in [4.78, 5) is 32.6. The fourth-order valence-electron chi connectivity index (χ4n) is 1.57. The van der Waals surface area contributed by atoms with Gasteiger partial charge in [-0.25, -0.2) is 4.79 Å². The summed E-state index contributed by atoms with van der Waals surface area (Å²) in [5.41, 5.74) is -0.482. The molecule has 0 aliphatic heterocycles. The SMILES string of the molecule is O=C(O)c1ccc(=O)n(-c2cccc([N+](=O)[O-])c2)c1. The van der Waals surface area contributed by atoms with Gasteiger partial charge in [-0.05, 0) is 12.1 Å². The van der Waals surface area contributed by atoms with Gasteiger partial charge in [0, 0.05) is 24.4 Å². The fraction of sp³-hybridized carbons (Fsp3) is 0.